The lowest BCUT2D eigenvalue weighted by molar-refractivity contribution is -0.120. The van der Waals surface area contributed by atoms with Crippen LogP contribution in [0.5, 0.6) is 0 Å². The number of aromatic nitrogens is 3. The van der Waals surface area contributed by atoms with Crippen LogP contribution < -0.4 is 10.2 Å². The molecule has 0 saturated carbocycles. The number of carbonyl (C=O) groups is 1. The molecule has 1 atom stereocenters. The third-order valence-electron chi connectivity index (χ3n) is 5.40. The van der Waals surface area contributed by atoms with E-state index in [-0.39, 0.29) is 11.8 Å². The minimum Gasteiger partial charge on any atom is -0.354 e. The van der Waals surface area contributed by atoms with Gasteiger partial charge >= 0.3 is 0 Å². The first-order valence-electron chi connectivity index (χ1n) is 10.0. The normalized spacial score (nSPS) is 16.5. The van der Waals surface area contributed by atoms with Crippen molar-refractivity contribution in [3.05, 3.63) is 66.2 Å². The number of hydrogen-bond donors (Lipinski definition) is 1. The Morgan fingerprint density at radius 2 is 2.03 bits per heavy atom. The molecule has 1 aliphatic rings. The molecule has 4 heterocycles. The van der Waals surface area contributed by atoms with Gasteiger partial charge in [0.05, 0.1) is 28.2 Å². The molecule has 150 valence electrons. The lowest BCUT2D eigenvalue weighted by Crippen LogP contribution is -2.41. The Bertz CT molecular complexity index is 1160. The average Bonchev–Trinajstić information content (AvgIpc) is 3.34. The summed E-state index contributed by atoms with van der Waals surface area (Å²) in [7, 11) is 0. The molecule has 0 radical (unpaired) electrons. The smallest absolute Gasteiger partial charge is 0.229 e. The van der Waals surface area contributed by atoms with Crippen molar-refractivity contribution in [3.63, 3.8) is 0 Å². The van der Waals surface area contributed by atoms with E-state index in [2.05, 4.69) is 25.4 Å². The number of carbonyl (C=O) groups excluding carboxylic acids is 1. The van der Waals surface area contributed by atoms with Crippen LogP contribution in [0.25, 0.3) is 21.5 Å². The van der Waals surface area contributed by atoms with Gasteiger partial charge in [-0.25, -0.2) is 0 Å². The number of piperidine rings is 1. The monoisotopic (exact) mass is 415 g/mol. The summed E-state index contributed by atoms with van der Waals surface area (Å²) in [5.74, 6) is 0.754. The third kappa shape index (κ3) is 3.89. The first-order valence-corrected chi connectivity index (χ1v) is 10.9. The standard InChI is InChI=1S/C23H21N5OS/c29-23(25-18-13-16-5-1-2-7-19(16)24-14-18)17-6-3-11-28(15-17)22-10-9-20(26-27-22)21-8-4-12-30-21/h1-2,4-5,7-10,12-14,17H,3,6,11,15H2,(H,25,29). The van der Waals surface area contributed by atoms with Gasteiger partial charge in [-0.3, -0.25) is 9.78 Å². The number of fused-ring (bicyclic) bond motifs is 1. The highest BCUT2D eigenvalue weighted by Gasteiger charge is 2.27. The van der Waals surface area contributed by atoms with Gasteiger partial charge in [0.2, 0.25) is 5.91 Å². The topological polar surface area (TPSA) is 71.0 Å². The molecule has 1 N–H and O–H groups in total. The fourth-order valence-electron chi connectivity index (χ4n) is 3.83. The van der Waals surface area contributed by atoms with Gasteiger partial charge in [-0.2, -0.15) is 0 Å². The molecule has 1 unspecified atom stereocenters. The molecule has 3 aromatic heterocycles. The van der Waals surface area contributed by atoms with E-state index in [1.54, 1.807) is 17.5 Å². The van der Waals surface area contributed by atoms with Crippen LogP contribution in [0.15, 0.2) is 66.2 Å². The van der Waals surface area contributed by atoms with Crippen molar-refractivity contribution in [1.82, 2.24) is 15.2 Å². The fourth-order valence-corrected chi connectivity index (χ4v) is 4.52. The summed E-state index contributed by atoms with van der Waals surface area (Å²) in [5, 5.41) is 14.9. The van der Waals surface area contributed by atoms with Gasteiger partial charge in [0.15, 0.2) is 5.82 Å². The van der Waals surface area contributed by atoms with Crippen molar-refractivity contribution in [3.8, 4) is 10.6 Å². The van der Waals surface area contributed by atoms with Crippen LogP contribution in [0.1, 0.15) is 12.8 Å². The molecule has 4 aromatic rings. The van der Waals surface area contributed by atoms with Crippen molar-refractivity contribution >= 4 is 39.7 Å². The molecule has 1 fully saturated rings. The lowest BCUT2D eigenvalue weighted by atomic mass is 9.97. The maximum Gasteiger partial charge on any atom is 0.229 e. The number of para-hydroxylation sites is 1. The molecular weight excluding hydrogens is 394 g/mol. The molecule has 1 aliphatic heterocycles. The molecule has 30 heavy (non-hydrogen) atoms. The van der Waals surface area contributed by atoms with Gasteiger partial charge < -0.3 is 10.2 Å². The quantitative estimate of drug-likeness (QED) is 0.527. The summed E-state index contributed by atoms with van der Waals surface area (Å²) in [4.78, 5) is 20.6. The molecule has 6 nitrogen and oxygen atoms in total. The Balaban J connectivity index is 1.26. The predicted octanol–water partition coefficient (Wildman–Crippen LogP) is 4.61. The van der Waals surface area contributed by atoms with E-state index in [1.807, 2.05) is 60.0 Å². The van der Waals surface area contributed by atoms with Crippen LogP contribution in [-0.4, -0.2) is 34.2 Å². The van der Waals surface area contributed by atoms with E-state index in [9.17, 15) is 4.79 Å². The van der Waals surface area contributed by atoms with Crippen LogP contribution in [0, 0.1) is 5.92 Å². The Morgan fingerprint density at radius 3 is 2.87 bits per heavy atom. The van der Waals surface area contributed by atoms with Crippen LogP contribution >= 0.6 is 11.3 Å². The number of nitrogens with zero attached hydrogens (tertiary/aromatic N) is 4. The Labute approximate surface area is 178 Å². The van der Waals surface area contributed by atoms with Crippen molar-refractivity contribution in [2.45, 2.75) is 12.8 Å². The van der Waals surface area contributed by atoms with Crippen LogP contribution in [0.2, 0.25) is 0 Å². The third-order valence-corrected chi connectivity index (χ3v) is 6.29. The zero-order valence-electron chi connectivity index (χ0n) is 16.4. The highest BCUT2D eigenvalue weighted by atomic mass is 32.1. The van der Waals surface area contributed by atoms with Gasteiger partial charge in [-0.05, 0) is 48.6 Å². The number of benzene rings is 1. The second-order valence-electron chi connectivity index (χ2n) is 7.45. The highest BCUT2D eigenvalue weighted by molar-refractivity contribution is 7.13. The minimum absolute atomic E-state index is 0.0277. The molecule has 1 amide bonds. The van der Waals surface area contributed by atoms with E-state index in [0.717, 1.165) is 52.4 Å². The van der Waals surface area contributed by atoms with Crippen molar-refractivity contribution in [1.29, 1.82) is 0 Å². The molecular formula is C23H21N5OS. The highest BCUT2D eigenvalue weighted by Crippen LogP contribution is 2.26. The van der Waals surface area contributed by atoms with Gasteiger partial charge in [0.1, 0.15) is 5.69 Å². The number of amides is 1. The SMILES string of the molecule is O=C(Nc1cnc2ccccc2c1)C1CCCN(c2ccc(-c3cccs3)nn2)C1. The Kier molecular flexibility index (Phi) is 5.11. The summed E-state index contributed by atoms with van der Waals surface area (Å²) in [6, 6.07) is 17.9. The summed E-state index contributed by atoms with van der Waals surface area (Å²) in [6.45, 7) is 1.52. The summed E-state index contributed by atoms with van der Waals surface area (Å²) in [6.07, 6.45) is 3.53. The first-order chi connectivity index (χ1) is 14.8. The van der Waals surface area contributed by atoms with E-state index >= 15 is 0 Å². The van der Waals surface area contributed by atoms with Gasteiger partial charge in [0, 0.05) is 18.5 Å². The van der Waals surface area contributed by atoms with Crippen molar-refractivity contribution in [2.75, 3.05) is 23.3 Å². The summed E-state index contributed by atoms with van der Waals surface area (Å²) < 4.78 is 0. The number of thiophene rings is 1. The number of anilines is 2. The molecule has 5 rings (SSSR count). The first kappa shape index (κ1) is 18.7. The number of hydrogen-bond acceptors (Lipinski definition) is 6. The van der Waals surface area contributed by atoms with E-state index in [4.69, 9.17) is 0 Å². The number of pyridine rings is 1. The second kappa shape index (κ2) is 8.20. The molecule has 0 aliphatic carbocycles. The molecule has 0 bridgehead atoms. The zero-order valence-corrected chi connectivity index (χ0v) is 17.2. The van der Waals surface area contributed by atoms with Crippen molar-refractivity contribution in [2.24, 2.45) is 5.92 Å². The van der Waals surface area contributed by atoms with Crippen LogP contribution in [-0.2, 0) is 4.79 Å². The zero-order chi connectivity index (χ0) is 20.3. The minimum atomic E-state index is -0.0935. The van der Waals surface area contributed by atoms with E-state index < -0.39 is 0 Å². The molecule has 1 saturated heterocycles. The van der Waals surface area contributed by atoms with Crippen LogP contribution in [0.4, 0.5) is 11.5 Å². The Morgan fingerprint density at radius 1 is 1.10 bits per heavy atom. The van der Waals surface area contributed by atoms with Crippen molar-refractivity contribution < 1.29 is 4.79 Å². The summed E-state index contributed by atoms with van der Waals surface area (Å²) >= 11 is 1.65. The number of nitrogens with one attached hydrogen (secondary N) is 1. The van der Waals surface area contributed by atoms with Crippen LogP contribution in [0.3, 0.4) is 0 Å². The maximum absolute atomic E-state index is 12.9. The second-order valence-corrected chi connectivity index (χ2v) is 8.39. The maximum atomic E-state index is 12.9. The average molecular weight is 416 g/mol. The predicted molar refractivity (Wildman–Crippen MR) is 121 cm³/mol. The Hall–Kier alpha value is -3.32. The van der Waals surface area contributed by atoms with Gasteiger partial charge in [-0.15, -0.1) is 21.5 Å². The molecule has 0 spiro atoms. The number of rotatable bonds is 4. The van der Waals surface area contributed by atoms with Gasteiger partial charge in [-0.1, -0.05) is 24.3 Å². The fraction of sp³-hybridized carbons (Fsp3) is 0.217. The van der Waals surface area contributed by atoms with E-state index in [1.165, 1.54) is 0 Å². The van der Waals surface area contributed by atoms with E-state index in [0.29, 0.717) is 6.54 Å². The largest absolute Gasteiger partial charge is 0.354 e. The van der Waals surface area contributed by atoms with Gasteiger partial charge in [0.25, 0.3) is 0 Å². The lowest BCUT2D eigenvalue weighted by Gasteiger charge is -2.32. The summed E-state index contributed by atoms with van der Waals surface area (Å²) in [5.41, 5.74) is 2.53. The molecule has 1 aromatic carbocycles. The molecule has 7 heteroatoms.